The van der Waals surface area contributed by atoms with Crippen LogP contribution in [0.2, 0.25) is 10.0 Å². The van der Waals surface area contributed by atoms with Gasteiger partial charge in [-0.05, 0) is 29.3 Å². The van der Waals surface area contributed by atoms with Crippen LogP contribution in [0.5, 0.6) is 0 Å². The number of amides is 1. The van der Waals surface area contributed by atoms with Crippen molar-refractivity contribution in [2.75, 3.05) is 26.2 Å². The van der Waals surface area contributed by atoms with Gasteiger partial charge in [0.05, 0.1) is 0 Å². The molecular formula is C20H20Cl2N2O. The maximum Gasteiger partial charge on any atom is 0.246 e. The normalized spacial score (nSPS) is 15.7. The van der Waals surface area contributed by atoms with Gasteiger partial charge < -0.3 is 4.90 Å². The van der Waals surface area contributed by atoms with E-state index in [1.54, 1.807) is 12.2 Å². The number of rotatable bonds is 4. The van der Waals surface area contributed by atoms with Crippen molar-refractivity contribution in [2.24, 2.45) is 0 Å². The number of hydrogen-bond donors (Lipinski definition) is 0. The summed E-state index contributed by atoms with van der Waals surface area (Å²) in [4.78, 5) is 16.6. The van der Waals surface area contributed by atoms with Gasteiger partial charge in [-0.15, -0.1) is 0 Å². The number of carbonyl (C=O) groups excluding carboxylic acids is 1. The second-order valence-electron chi connectivity index (χ2n) is 6.05. The molecule has 0 saturated carbocycles. The molecule has 0 spiro atoms. The highest BCUT2D eigenvalue weighted by molar-refractivity contribution is 6.32. The second-order valence-corrected chi connectivity index (χ2v) is 6.86. The fourth-order valence-electron chi connectivity index (χ4n) is 2.87. The topological polar surface area (TPSA) is 23.6 Å². The highest BCUT2D eigenvalue weighted by Gasteiger charge is 2.20. The average molecular weight is 375 g/mol. The molecule has 5 heteroatoms. The molecule has 3 nitrogen and oxygen atoms in total. The first-order valence-corrected chi connectivity index (χ1v) is 9.06. The van der Waals surface area contributed by atoms with E-state index in [2.05, 4.69) is 4.90 Å². The van der Waals surface area contributed by atoms with Gasteiger partial charge in [0.25, 0.3) is 0 Å². The summed E-state index contributed by atoms with van der Waals surface area (Å²) in [7, 11) is 0. The van der Waals surface area contributed by atoms with E-state index >= 15 is 0 Å². The molecule has 130 valence electrons. The van der Waals surface area contributed by atoms with Crippen molar-refractivity contribution < 1.29 is 4.79 Å². The molecule has 0 radical (unpaired) electrons. The van der Waals surface area contributed by atoms with Gasteiger partial charge in [-0.3, -0.25) is 9.69 Å². The highest BCUT2D eigenvalue weighted by atomic mass is 35.5. The molecule has 1 saturated heterocycles. The van der Waals surface area contributed by atoms with Crippen molar-refractivity contribution in [3.05, 3.63) is 75.8 Å². The average Bonchev–Trinajstić information content (AvgIpc) is 2.63. The van der Waals surface area contributed by atoms with Crippen LogP contribution in [0, 0.1) is 0 Å². The summed E-state index contributed by atoms with van der Waals surface area (Å²) >= 11 is 12.3. The van der Waals surface area contributed by atoms with E-state index in [-0.39, 0.29) is 5.91 Å². The molecule has 0 N–H and O–H groups in total. The van der Waals surface area contributed by atoms with Crippen molar-refractivity contribution in [2.45, 2.75) is 6.54 Å². The Bertz CT molecular complexity index is 768. The third kappa shape index (κ3) is 4.85. The second kappa shape index (κ2) is 8.52. The monoisotopic (exact) mass is 374 g/mol. The first kappa shape index (κ1) is 18.0. The van der Waals surface area contributed by atoms with Gasteiger partial charge >= 0.3 is 0 Å². The largest absolute Gasteiger partial charge is 0.337 e. The number of halogens is 2. The van der Waals surface area contributed by atoms with Gasteiger partial charge in [0.1, 0.15) is 0 Å². The molecular weight excluding hydrogens is 355 g/mol. The van der Waals surface area contributed by atoms with Crippen LogP contribution >= 0.6 is 23.2 Å². The van der Waals surface area contributed by atoms with Crippen LogP contribution in [0.4, 0.5) is 0 Å². The van der Waals surface area contributed by atoms with Gasteiger partial charge in [-0.1, -0.05) is 59.6 Å². The maximum atomic E-state index is 12.4. The zero-order valence-electron chi connectivity index (χ0n) is 13.9. The van der Waals surface area contributed by atoms with E-state index in [0.29, 0.717) is 5.02 Å². The highest BCUT2D eigenvalue weighted by Crippen LogP contribution is 2.19. The first-order chi connectivity index (χ1) is 12.1. The Balaban J connectivity index is 1.53. The predicted molar refractivity (Wildman–Crippen MR) is 104 cm³/mol. The summed E-state index contributed by atoms with van der Waals surface area (Å²) in [6.07, 6.45) is 3.38. The van der Waals surface area contributed by atoms with Crippen LogP contribution in [0.1, 0.15) is 11.1 Å². The van der Waals surface area contributed by atoms with Crippen molar-refractivity contribution in [1.82, 2.24) is 9.80 Å². The summed E-state index contributed by atoms with van der Waals surface area (Å²) in [5, 5.41) is 1.44. The molecule has 3 rings (SSSR count). The summed E-state index contributed by atoms with van der Waals surface area (Å²) < 4.78 is 0. The zero-order chi connectivity index (χ0) is 17.6. The summed E-state index contributed by atoms with van der Waals surface area (Å²) in [6.45, 7) is 3.94. The molecule has 0 aliphatic carbocycles. The minimum absolute atomic E-state index is 0.0253. The third-order valence-corrected chi connectivity index (χ3v) is 5.06. The summed E-state index contributed by atoms with van der Waals surface area (Å²) in [5.41, 5.74) is 1.98. The molecule has 0 aromatic heterocycles. The van der Waals surface area contributed by atoms with Crippen molar-refractivity contribution in [3.8, 4) is 0 Å². The number of carbonyl (C=O) groups is 1. The number of benzene rings is 2. The van der Waals surface area contributed by atoms with E-state index < -0.39 is 0 Å². The van der Waals surface area contributed by atoms with E-state index in [1.807, 2.05) is 53.4 Å². The number of hydrogen-bond acceptors (Lipinski definition) is 2. The van der Waals surface area contributed by atoms with Crippen LogP contribution in [-0.2, 0) is 11.3 Å². The van der Waals surface area contributed by atoms with Crippen LogP contribution in [0.15, 0.2) is 54.6 Å². The van der Waals surface area contributed by atoms with Crippen LogP contribution < -0.4 is 0 Å². The van der Waals surface area contributed by atoms with Gasteiger partial charge in [0.15, 0.2) is 0 Å². The molecule has 1 heterocycles. The van der Waals surface area contributed by atoms with Crippen molar-refractivity contribution in [1.29, 1.82) is 0 Å². The van der Waals surface area contributed by atoms with Crippen molar-refractivity contribution >= 4 is 35.2 Å². The molecule has 1 amide bonds. The van der Waals surface area contributed by atoms with E-state index in [1.165, 1.54) is 0 Å². The Morgan fingerprint density at radius 1 is 0.920 bits per heavy atom. The Labute approximate surface area is 158 Å². The fourth-order valence-corrected chi connectivity index (χ4v) is 3.26. The lowest BCUT2D eigenvalue weighted by atomic mass is 10.2. The van der Waals surface area contributed by atoms with Crippen LogP contribution in [0.3, 0.4) is 0 Å². The van der Waals surface area contributed by atoms with Crippen LogP contribution in [-0.4, -0.2) is 41.9 Å². The molecule has 2 aromatic rings. The quantitative estimate of drug-likeness (QED) is 0.742. The minimum atomic E-state index is 0.0253. The molecule has 0 unspecified atom stereocenters. The maximum absolute atomic E-state index is 12.4. The zero-order valence-corrected chi connectivity index (χ0v) is 15.4. The van der Waals surface area contributed by atoms with Gasteiger partial charge in [-0.2, -0.15) is 0 Å². The van der Waals surface area contributed by atoms with E-state index in [0.717, 1.165) is 48.9 Å². The van der Waals surface area contributed by atoms with Crippen LogP contribution in [0.25, 0.3) is 6.08 Å². The molecule has 0 atom stereocenters. The molecule has 25 heavy (non-hydrogen) atoms. The fraction of sp³-hybridized carbons (Fsp3) is 0.250. The standard InChI is InChI=1S/C20H20Cl2N2O/c21-18-7-3-1-5-16(18)9-10-20(25)24-13-11-23(12-14-24)15-17-6-2-4-8-19(17)22/h1-10H,11-15H2. The van der Waals surface area contributed by atoms with Gasteiger partial charge in [-0.25, -0.2) is 0 Å². The van der Waals surface area contributed by atoms with E-state index in [4.69, 9.17) is 23.2 Å². The van der Waals surface area contributed by atoms with Crippen molar-refractivity contribution in [3.63, 3.8) is 0 Å². The first-order valence-electron chi connectivity index (χ1n) is 8.31. The predicted octanol–water partition coefficient (Wildman–Crippen LogP) is 4.35. The molecule has 2 aromatic carbocycles. The summed E-state index contributed by atoms with van der Waals surface area (Å²) in [6, 6.07) is 15.4. The van der Waals surface area contributed by atoms with E-state index in [9.17, 15) is 4.79 Å². The SMILES string of the molecule is O=C(C=Cc1ccccc1Cl)N1CCN(Cc2ccccc2Cl)CC1. The molecule has 0 bridgehead atoms. The summed E-state index contributed by atoms with van der Waals surface area (Å²) in [5.74, 6) is 0.0253. The Morgan fingerprint density at radius 2 is 1.56 bits per heavy atom. The molecule has 1 aliphatic rings. The molecule has 1 aliphatic heterocycles. The van der Waals surface area contributed by atoms with Gasteiger partial charge in [0, 0.05) is 48.8 Å². The number of nitrogens with zero attached hydrogens (tertiary/aromatic N) is 2. The lowest BCUT2D eigenvalue weighted by molar-refractivity contribution is -0.127. The molecule has 1 fully saturated rings. The smallest absolute Gasteiger partial charge is 0.246 e. The Kier molecular flexibility index (Phi) is 6.14. The Hall–Kier alpha value is -1.81. The minimum Gasteiger partial charge on any atom is -0.337 e. The lowest BCUT2D eigenvalue weighted by Gasteiger charge is -2.34. The number of piperazine rings is 1. The van der Waals surface area contributed by atoms with Gasteiger partial charge in [0.2, 0.25) is 5.91 Å². The third-order valence-electron chi connectivity index (χ3n) is 4.35. The lowest BCUT2D eigenvalue weighted by Crippen LogP contribution is -2.47. The Morgan fingerprint density at radius 3 is 2.24 bits per heavy atom.